The summed E-state index contributed by atoms with van der Waals surface area (Å²) in [5.41, 5.74) is -1.46. The number of aliphatic hydroxyl groups is 1. The molecule has 9 nitrogen and oxygen atoms in total. The molecule has 0 spiro atoms. The molecule has 0 bridgehead atoms. The molecule has 9 heteroatoms. The first-order chi connectivity index (χ1) is 12.3. The summed E-state index contributed by atoms with van der Waals surface area (Å²) in [5, 5.41) is 20.9. The molecule has 3 N–H and O–H groups in total. The number of carboxylic acid groups (broad SMARTS) is 1. The smallest absolute Gasteiger partial charge is 0.337 e. The van der Waals surface area contributed by atoms with Gasteiger partial charge in [0.25, 0.3) is 0 Å². The number of aliphatic carboxylic acids is 1. The molecule has 2 atom stereocenters. The largest absolute Gasteiger partial charge is 0.486 e. The van der Waals surface area contributed by atoms with Crippen LogP contribution in [0.15, 0.2) is 18.2 Å². The van der Waals surface area contributed by atoms with Crippen molar-refractivity contribution in [2.45, 2.75) is 18.9 Å². The van der Waals surface area contributed by atoms with Crippen LogP contribution in [0.25, 0.3) is 0 Å². The van der Waals surface area contributed by atoms with Gasteiger partial charge in [-0.1, -0.05) is 0 Å². The Balaban J connectivity index is 1.65. The molecule has 140 valence electrons. The third-order valence-electron chi connectivity index (χ3n) is 4.40. The van der Waals surface area contributed by atoms with Gasteiger partial charge in [-0.3, -0.25) is 9.59 Å². The highest BCUT2D eigenvalue weighted by Crippen LogP contribution is 2.35. The van der Waals surface area contributed by atoms with Crippen molar-refractivity contribution in [3.8, 4) is 11.5 Å². The van der Waals surface area contributed by atoms with Gasteiger partial charge in [-0.05, 0) is 19.1 Å². The summed E-state index contributed by atoms with van der Waals surface area (Å²) < 4.78 is 11.0. The van der Waals surface area contributed by atoms with E-state index in [-0.39, 0.29) is 18.9 Å². The molecule has 0 aromatic heterocycles. The first-order valence-electron chi connectivity index (χ1n) is 8.21. The molecule has 2 amide bonds. The Morgan fingerprint density at radius 2 is 2.00 bits per heavy atom. The van der Waals surface area contributed by atoms with Crippen molar-refractivity contribution in [3.05, 3.63) is 18.2 Å². The molecule has 26 heavy (non-hydrogen) atoms. The highest BCUT2D eigenvalue weighted by molar-refractivity contribution is 6.00. The van der Waals surface area contributed by atoms with E-state index in [0.717, 1.165) is 6.92 Å². The van der Waals surface area contributed by atoms with E-state index in [9.17, 15) is 19.5 Å². The zero-order valence-corrected chi connectivity index (χ0v) is 14.2. The molecule has 2 aliphatic heterocycles. The van der Waals surface area contributed by atoms with Gasteiger partial charge in [-0.15, -0.1) is 0 Å². The number of amides is 2. The van der Waals surface area contributed by atoms with E-state index in [1.54, 1.807) is 18.2 Å². The summed E-state index contributed by atoms with van der Waals surface area (Å²) in [4.78, 5) is 36.9. The number of carbonyl (C=O) groups excluding carboxylic acids is 2. The Morgan fingerprint density at radius 1 is 1.31 bits per heavy atom. The number of anilines is 1. The van der Waals surface area contributed by atoms with Crippen LogP contribution in [0, 0.1) is 5.92 Å². The lowest BCUT2D eigenvalue weighted by Crippen LogP contribution is -2.48. The quantitative estimate of drug-likeness (QED) is 0.658. The average molecular weight is 364 g/mol. The fraction of sp³-hybridized carbons (Fsp3) is 0.471. The van der Waals surface area contributed by atoms with Crippen LogP contribution in [-0.2, 0) is 14.4 Å². The van der Waals surface area contributed by atoms with Gasteiger partial charge in [0.2, 0.25) is 11.8 Å². The maximum atomic E-state index is 12.3. The topological polar surface area (TPSA) is 125 Å². The van der Waals surface area contributed by atoms with E-state index in [1.807, 2.05) is 0 Å². The SMILES string of the molecule is CC(O)(CNC(=O)C1CC(=O)N(c2ccc3c(c2)OCCO3)C1)C(=O)O. The molecule has 1 fully saturated rings. The third kappa shape index (κ3) is 3.57. The normalized spacial score (nSPS) is 21.2. The second-order valence-electron chi connectivity index (χ2n) is 6.53. The van der Waals surface area contributed by atoms with Crippen molar-refractivity contribution >= 4 is 23.5 Å². The molecule has 3 rings (SSSR count). The molecule has 1 saturated heterocycles. The van der Waals surface area contributed by atoms with E-state index in [1.165, 1.54) is 4.90 Å². The monoisotopic (exact) mass is 364 g/mol. The van der Waals surface area contributed by atoms with E-state index in [4.69, 9.17) is 14.6 Å². The number of rotatable bonds is 5. The number of fused-ring (bicyclic) bond motifs is 1. The van der Waals surface area contributed by atoms with Crippen LogP contribution in [0.1, 0.15) is 13.3 Å². The summed E-state index contributed by atoms with van der Waals surface area (Å²) in [7, 11) is 0. The van der Waals surface area contributed by atoms with Crippen molar-refractivity contribution in [1.82, 2.24) is 5.32 Å². The number of benzene rings is 1. The van der Waals surface area contributed by atoms with E-state index in [0.29, 0.717) is 30.4 Å². The minimum atomic E-state index is -2.06. The van der Waals surface area contributed by atoms with Gasteiger partial charge in [0.15, 0.2) is 17.1 Å². The van der Waals surface area contributed by atoms with Crippen molar-refractivity contribution < 1.29 is 34.1 Å². The Morgan fingerprint density at radius 3 is 2.69 bits per heavy atom. The predicted octanol–water partition coefficient (Wildman–Crippen LogP) is -0.237. The van der Waals surface area contributed by atoms with Gasteiger partial charge >= 0.3 is 5.97 Å². The van der Waals surface area contributed by atoms with Gasteiger partial charge in [0.05, 0.1) is 12.5 Å². The van der Waals surface area contributed by atoms with Crippen molar-refractivity contribution in [3.63, 3.8) is 0 Å². The van der Waals surface area contributed by atoms with Gasteiger partial charge < -0.3 is 29.9 Å². The lowest BCUT2D eigenvalue weighted by Gasteiger charge is -2.22. The Kier molecular flexibility index (Phi) is 4.73. The zero-order chi connectivity index (χ0) is 18.9. The second-order valence-corrected chi connectivity index (χ2v) is 6.53. The fourth-order valence-electron chi connectivity index (χ4n) is 2.81. The van der Waals surface area contributed by atoms with Crippen LogP contribution < -0.4 is 19.7 Å². The number of hydrogen-bond acceptors (Lipinski definition) is 6. The van der Waals surface area contributed by atoms with Crippen LogP contribution in [0.5, 0.6) is 11.5 Å². The van der Waals surface area contributed by atoms with Crippen LogP contribution in [-0.4, -0.2) is 59.9 Å². The van der Waals surface area contributed by atoms with Gasteiger partial charge in [-0.2, -0.15) is 0 Å². The average Bonchev–Trinajstić information content (AvgIpc) is 3.01. The first kappa shape index (κ1) is 18.0. The number of nitrogens with one attached hydrogen (secondary N) is 1. The second kappa shape index (κ2) is 6.83. The molecule has 0 radical (unpaired) electrons. The van der Waals surface area contributed by atoms with Crippen LogP contribution in [0.3, 0.4) is 0 Å². The van der Waals surface area contributed by atoms with E-state index >= 15 is 0 Å². The van der Waals surface area contributed by atoms with Crippen LogP contribution in [0.4, 0.5) is 5.69 Å². The van der Waals surface area contributed by atoms with Crippen molar-refractivity contribution in [2.75, 3.05) is 31.2 Å². The Hall–Kier alpha value is -2.81. The lowest BCUT2D eigenvalue weighted by molar-refractivity contribution is -0.156. The molecule has 2 unspecified atom stereocenters. The fourth-order valence-corrected chi connectivity index (χ4v) is 2.81. The number of carbonyl (C=O) groups is 3. The first-order valence-corrected chi connectivity index (χ1v) is 8.21. The third-order valence-corrected chi connectivity index (χ3v) is 4.40. The Labute approximate surface area is 149 Å². The molecule has 2 heterocycles. The molecular formula is C17H20N2O7. The lowest BCUT2D eigenvalue weighted by atomic mass is 10.1. The van der Waals surface area contributed by atoms with Crippen LogP contribution in [0.2, 0.25) is 0 Å². The molecule has 0 aliphatic carbocycles. The van der Waals surface area contributed by atoms with Gasteiger partial charge in [0.1, 0.15) is 13.2 Å². The number of carboxylic acids is 1. The van der Waals surface area contributed by atoms with Gasteiger partial charge in [0, 0.05) is 24.7 Å². The molecule has 1 aromatic carbocycles. The summed E-state index contributed by atoms with van der Waals surface area (Å²) >= 11 is 0. The molecule has 2 aliphatic rings. The maximum absolute atomic E-state index is 12.3. The Bertz CT molecular complexity index is 747. The minimum Gasteiger partial charge on any atom is -0.486 e. The highest BCUT2D eigenvalue weighted by Gasteiger charge is 2.37. The highest BCUT2D eigenvalue weighted by atomic mass is 16.6. The van der Waals surface area contributed by atoms with Crippen LogP contribution >= 0.6 is 0 Å². The molecular weight excluding hydrogens is 344 g/mol. The number of hydrogen-bond donors (Lipinski definition) is 3. The van der Waals surface area contributed by atoms with Gasteiger partial charge in [-0.25, -0.2) is 4.79 Å². The molecule has 1 aromatic rings. The van der Waals surface area contributed by atoms with Crippen molar-refractivity contribution in [1.29, 1.82) is 0 Å². The number of ether oxygens (including phenoxy) is 2. The molecule has 0 saturated carbocycles. The summed E-state index contributed by atoms with van der Waals surface area (Å²) in [6.45, 7) is 1.72. The maximum Gasteiger partial charge on any atom is 0.337 e. The summed E-state index contributed by atoms with van der Waals surface area (Å²) in [6, 6.07) is 5.14. The zero-order valence-electron chi connectivity index (χ0n) is 14.2. The van der Waals surface area contributed by atoms with E-state index < -0.39 is 29.9 Å². The predicted molar refractivity (Wildman–Crippen MR) is 89.2 cm³/mol. The van der Waals surface area contributed by atoms with Crippen molar-refractivity contribution in [2.24, 2.45) is 5.92 Å². The minimum absolute atomic E-state index is 0.00941. The standard InChI is InChI=1S/C17H20N2O7/c1-17(24,16(22)23)9-18-15(21)10-6-14(20)19(8-10)11-2-3-12-13(7-11)26-5-4-25-12/h2-3,7,10,24H,4-6,8-9H2,1H3,(H,18,21)(H,22,23). The summed E-state index contributed by atoms with van der Waals surface area (Å²) in [5.74, 6) is -1.59. The summed E-state index contributed by atoms with van der Waals surface area (Å²) in [6.07, 6.45) is 0.00941. The number of nitrogens with zero attached hydrogens (tertiary/aromatic N) is 1. The van der Waals surface area contributed by atoms with E-state index in [2.05, 4.69) is 5.32 Å².